The molecule has 1 aliphatic heterocycles. The summed E-state index contributed by atoms with van der Waals surface area (Å²) in [5.74, 6) is 0.216. The zero-order valence-electron chi connectivity index (χ0n) is 14.7. The predicted molar refractivity (Wildman–Crippen MR) is 108 cm³/mol. The summed E-state index contributed by atoms with van der Waals surface area (Å²) in [4.78, 5) is 18.4. The highest BCUT2D eigenvalue weighted by Gasteiger charge is 2.21. The molecule has 1 atom stereocenters. The van der Waals surface area contributed by atoms with Crippen molar-refractivity contribution in [3.05, 3.63) is 65.5 Å². The second-order valence-corrected chi connectivity index (χ2v) is 7.37. The standard InChI is InChI=1S/C21H21N3OS/c1-15(16-6-3-2-4-7-16)22-21-23-19(14-26-21)17-9-11-18(12-10-17)24-13-5-8-20(24)25/h2-4,6-7,9-12,14-15H,5,8,13H2,1H3,(H,22,23). The lowest BCUT2D eigenvalue weighted by atomic mass is 10.1. The fourth-order valence-electron chi connectivity index (χ4n) is 3.22. The average molecular weight is 363 g/mol. The number of thiazole rings is 1. The van der Waals surface area contributed by atoms with Crippen molar-refractivity contribution in [1.29, 1.82) is 0 Å². The van der Waals surface area contributed by atoms with E-state index < -0.39 is 0 Å². The molecule has 0 spiro atoms. The molecule has 1 aliphatic rings. The molecule has 0 radical (unpaired) electrons. The molecule has 4 nitrogen and oxygen atoms in total. The number of hydrogen-bond acceptors (Lipinski definition) is 4. The highest BCUT2D eigenvalue weighted by Crippen LogP contribution is 2.29. The van der Waals surface area contributed by atoms with Crippen molar-refractivity contribution in [1.82, 2.24) is 4.98 Å². The van der Waals surface area contributed by atoms with Gasteiger partial charge in [0.25, 0.3) is 0 Å². The molecule has 1 amide bonds. The van der Waals surface area contributed by atoms with Gasteiger partial charge in [-0.15, -0.1) is 11.3 Å². The Morgan fingerprint density at radius 3 is 2.58 bits per heavy atom. The third kappa shape index (κ3) is 3.48. The largest absolute Gasteiger partial charge is 0.355 e. The van der Waals surface area contributed by atoms with Crippen LogP contribution in [-0.4, -0.2) is 17.4 Å². The fraction of sp³-hybridized carbons (Fsp3) is 0.238. The molecule has 5 heteroatoms. The van der Waals surface area contributed by atoms with E-state index in [-0.39, 0.29) is 11.9 Å². The van der Waals surface area contributed by atoms with Gasteiger partial charge in [0.1, 0.15) is 0 Å². The van der Waals surface area contributed by atoms with E-state index in [1.165, 1.54) is 5.56 Å². The monoisotopic (exact) mass is 363 g/mol. The van der Waals surface area contributed by atoms with Gasteiger partial charge in [-0.25, -0.2) is 4.98 Å². The number of carbonyl (C=O) groups excluding carboxylic acids is 1. The number of nitrogens with one attached hydrogen (secondary N) is 1. The van der Waals surface area contributed by atoms with Crippen LogP contribution in [0.3, 0.4) is 0 Å². The summed E-state index contributed by atoms with van der Waals surface area (Å²) in [6.45, 7) is 2.96. The fourth-order valence-corrected chi connectivity index (χ4v) is 4.02. The number of aromatic nitrogens is 1. The van der Waals surface area contributed by atoms with Crippen LogP contribution in [0.15, 0.2) is 60.0 Å². The van der Waals surface area contributed by atoms with E-state index in [0.29, 0.717) is 6.42 Å². The maximum absolute atomic E-state index is 11.9. The maximum atomic E-state index is 11.9. The van der Waals surface area contributed by atoms with Gasteiger partial charge >= 0.3 is 0 Å². The van der Waals surface area contributed by atoms with Crippen LogP contribution in [0.2, 0.25) is 0 Å². The molecule has 0 bridgehead atoms. The lowest BCUT2D eigenvalue weighted by Gasteiger charge is -2.15. The van der Waals surface area contributed by atoms with E-state index in [2.05, 4.69) is 29.8 Å². The Kier molecular flexibility index (Phi) is 4.71. The van der Waals surface area contributed by atoms with Crippen LogP contribution in [-0.2, 0) is 4.79 Å². The number of nitrogens with zero attached hydrogens (tertiary/aromatic N) is 2. The quantitative estimate of drug-likeness (QED) is 0.685. The van der Waals surface area contributed by atoms with Crippen LogP contribution in [0.5, 0.6) is 0 Å². The highest BCUT2D eigenvalue weighted by molar-refractivity contribution is 7.14. The van der Waals surface area contributed by atoms with Gasteiger partial charge in [-0.2, -0.15) is 0 Å². The van der Waals surface area contributed by atoms with Gasteiger partial charge < -0.3 is 10.2 Å². The number of amides is 1. The molecule has 4 rings (SSSR count). The molecule has 1 N–H and O–H groups in total. The molecule has 1 unspecified atom stereocenters. The number of anilines is 2. The van der Waals surface area contributed by atoms with Gasteiger partial charge in [0.05, 0.1) is 11.7 Å². The summed E-state index contributed by atoms with van der Waals surface area (Å²) in [5.41, 5.74) is 4.24. The Balaban J connectivity index is 1.46. The van der Waals surface area contributed by atoms with E-state index in [9.17, 15) is 4.79 Å². The summed E-state index contributed by atoms with van der Waals surface area (Å²) in [6, 6.07) is 18.7. The van der Waals surface area contributed by atoms with E-state index in [1.54, 1.807) is 11.3 Å². The summed E-state index contributed by atoms with van der Waals surface area (Å²) >= 11 is 1.61. The minimum absolute atomic E-state index is 0.207. The molecule has 1 aromatic heterocycles. The van der Waals surface area contributed by atoms with Gasteiger partial charge in [0, 0.05) is 29.6 Å². The SMILES string of the molecule is CC(Nc1nc(-c2ccc(N3CCCC3=O)cc2)cs1)c1ccccc1. The van der Waals surface area contributed by atoms with Crippen molar-refractivity contribution in [2.24, 2.45) is 0 Å². The van der Waals surface area contributed by atoms with Gasteiger partial charge in [-0.05, 0) is 31.0 Å². The lowest BCUT2D eigenvalue weighted by molar-refractivity contribution is -0.117. The molecule has 0 saturated carbocycles. The van der Waals surface area contributed by atoms with Crippen LogP contribution >= 0.6 is 11.3 Å². The first-order valence-electron chi connectivity index (χ1n) is 8.88. The second-order valence-electron chi connectivity index (χ2n) is 6.51. The zero-order valence-corrected chi connectivity index (χ0v) is 15.5. The Labute approximate surface area is 157 Å². The lowest BCUT2D eigenvalue weighted by Crippen LogP contribution is -2.23. The number of benzene rings is 2. The van der Waals surface area contributed by atoms with Gasteiger partial charge in [-0.3, -0.25) is 4.79 Å². The molecule has 1 saturated heterocycles. The van der Waals surface area contributed by atoms with Crippen molar-refractivity contribution >= 4 is 28.1 Å². The highest BCUT2D eigenvalue weighted by atomic mass is 32.1. The molecule has 1 fully saturated rings. The van der Waals surface area contributed by atoms with Crippen molar-refractivity contribution in [3.63, 3.8) is 0 Å². The summed E-state index contributed by atoms with van der Waals surface area (Å²) in [5, 5.41) is 6.44. The van der Waals surface area contributed by atoms with E-state index >= 15 is 0 Å². The number of hydrogen-bond donors (Lipinski definition) is 1. The van der Waals surface area contributed by atoms with Crippen LogP contribution in [0, 0.1) is 0 Å². The molecule has 3 aromatic rings. The summed E-state index contributed by atoms with van der Waals surface area (Å²) in [7, 11) is 0. The van der Waals surface area contributed by atoms with Crippen molar-refractivity contribution in [3.8, 4) is 11.3 Å². The molecule has 2 aromatic carbocycles. The first-order valence-corrected chi connectivity index (χ1v) is 9.76. The second kappa shape index (κ2) is 7.30. The maximum Gasteiger partial charge on any atom is 0.227 e. The van der Waals surface area contributed by atoms with Crippen molar-refractivity contribution < 1.29 is 4.79 Å². The first kappa shape index (κ1) is 16.8. The van der Waals surface area contributed by atoms with E-state index in [0.717, 1.165) is 35.0 Å². The Morgan fingerprint density at radius 1 is 1.12 bits per heavy atom. The van der Waals surface area contributed by atoms with Crippen molar-refractivity contribution in [2.45, 2.75) is 25.8 Å². The molecule has 2 heterocycles. The number of rotatable bonds is 5. The predicted octanol–water partition coefficient (Wildman–Crippen LogP) is 5.11. The van der Waals surface area contributed by atoms with Gasteiger partial charge in [-0.1, -0.05) is 42.5 Å². The average Bonchev–Trinajstić information content (AvgIpc) is 3.32. The Bertz CT molecular complexity index is 889. The molecule has 0 aliphatic carbocycles. The molecule has 132 valence electrons. The topological polar surface area (TPSA) is 45.2 Å². The van der Waals surface area contributed by atoms with E-state index in [1.807, 2.05) is 47.4 Å². The molecular weight excluding hydrogens is 342 g/mol. The van der Waals surface area contributed by atoms with Crippen LogP contribution in [0.4, 0.5) is 10.8 Å². The van der Waals surface area contributed by atoms with E-state index in [4.69, 9.17) is 4.98 Å². The number of carbonyl (C=O) groups is 1. The summed E-state index contributed by atoms with van der Waals surface area (Å²) < 4.78 is 0. The third-order valence-corrected chi connectivity index (χ3v) is 5.47. The minimum atomic E-state index is 0.207. The molecule has 26 heavy (non-hydrogen) atoms. The third-order valence-electron chi connectivity index (χ3n) is 4.69. The summed E-state index contributed by atoms with van der Waals surface area (Å²) in [6.07, 6.45) is 1.60. The normalized spacial score (nSPS) is 15.3. The van der Waals surface area contributed by atoms with Crippen molar-refractivity contribution in [2.75, 3.05) is 16.8 Å². The Hall–Kier alpha value is -2.66. The first-order chi connectivity index (χ1) is 12.7. The van der Waals surface area contributed by atoms with Crippen LogP contribution < -0.4 is 10.2 Å². The van der Waals surface area contributed by atoms with Gasteiger partial charge in [0.2, 0.25) is 5.91 Å². The van der Waals surface area contributed by atoms with Gasteiger partial charge in [0.15, 0.2) is 5.13 Å². The molecular formula is C21H21N3OS. The zero-order chi connectivity index (χ0) is 17.9. The smallest absolute Gasteiger partial charge is 0.227 e. The Morgan fingerprint density at radius 2 is 1.88 bits per heavy atom. The van der Waals surface area contributed by atoms with Crippen LogP contribution in [0.1, 0.15) is 31.4 Å². The van der Waals surface area contributed by atoms with Crippen LogP contribution in [0.25, 0.3) is 11.3 Å². The minimum Gasteiger partial charge on any atom is -0.355 e.